The number of rotatable bonds is 7. The summed E-state index contributed by atoms with van der Waals surface area (Å²) >= 11 is 0. The monoisotopic (exact) mass is 513 g/mol. The molecule has 0 heterocycles. The Hall–Kier alpha value is -4.07. The molecule has 7 N–H and O–H groups in total. The van der Waals surface area contributed by atoms with Crippen molar-refractivity contribution in [2.75, 3.05) is 31.1 Å². The van der Waals surface area contributed by atoms with Crippen LogP contribution in [-0.2, 0) is 6.54 Å². The van der Waals surface area contributed by atoms with Gasteiger partial charge in [0.2, 0.25) is 0 Å². The predicted octanol–water partition coefficient (Wildman–Crippen LogP) is 4.71. The lowest BCUT2D eigenvalue weighted by atomic mass is 10.1. The zero-order valence-electron chi connectivity index (χ0n) is 20.9. The highest BCUT2D eigenvalue weighted by Crippen LogP contribution is 2.14. The molecule has 9 heteroatoms. The van der Waals surface area contributed by atoms with Crippen molar-refractivity contribution in [3.05, 3.63) is 121 Å². The average molecular weight is 514 g/mol. The van der Waals surface area contributed by atoms with Crippen molar-refractivity contribution in [3.8, 4) is 11.8 Å². The third-order valence-corrected chi connectivity index (χ3v) is 4.09. The standard InChI is InChI=1S/C22H19F3N4.C2H7NO.2C2H4/c1-26-28-18-8-4-15(5-9-18)2-3-16-6-10-19(11-7-16)29-27-14-17-12-20(23)22(25)21(24)13-17;3-1-2-4;2*1-2/h4-13,26-29H,14H2,1H3;4H,1-3H2;2*1-2H2. The summed E-state index contributed by atoms with van der Waals surface area (Å²) in [4.78, 5) is 0. The van der Waals surface area contributed by atoms with Crippen LogP contribution >= 0.6 is 0 Å². The van der Waals surface area contributed by atoms with Crippen molar-refractivity contribution >= 4 is 11.4 Å². The molecule has 0 saturated heterocycles. The van der Waals surface area contributed by atoms with Gasteiger partial charge in [-0.15, -0.1) is 26.3 Å². The number of nitrogens with two attached hydrogens (primary N) is 1. The summed E-state index contributed by atoms with van der Waals surface area (Å²) in [7, 11) is 1.80. The van der Waals surface area contributed by atoms with Gasteiger partial charge < -0.3 is 21.7 Å². The van der Waals surface area contributed by atoms with Gasteiger partial charge in [0.1, 0.15) is 0 Å². The predicted molar refractivity (Wildman–Crippen MR) is 147 cm³/mol. The third kappa shape index (κ3) is 13.0. The molecule has 0 atom stereocenters. The molecule has 3 aromatic rings. The quantitative estimate of drug-likeness (QED) is 0.119. The largest absolute Gasteiger partial charge is 0.395 e. The Balaban J connectivity index is 0.00000145. The van der Waals surface area contributed by atoms with Crippen LogP contribution in [0.15, 0.2) is 87.0 Å². The van der Waals surface area contributed by atoms with Crippen LogP contribution in [0.25, 0.3) is 0 Å². The minimum Gasteiger partial charge on any atom is -0.395 e. The topological polar surface area (TPSA) is 94.4 Å². The fraction of sp³-hybridized carbons (Fsp3) is 0.143. The Morgan fingerprint density at radius 1 is 0.784 bits per heavy atom. The number of hydrogen-bond donors (Lipinski definition) is 6. The second-order valence-corrected chi connectivity index (χ2v) is 6.64. The molecule has 198 valence electrons. The zero-order valence-corrected chi connectivity index (χ0v) is 20.9. The van der Waals surface area contributed by atoms with Gasteiger partial charge in [0, 0.05) is 42.6 Å². The number of benzene rings is 3. The van der Waals surface area contributed by atoms with E-state index in [0.29, 0.717) is 6.54 Å². The summed E-state index contributed by atoms with van der Waals surface area (Å²) in [5.41, 5.74) is 20.1. The lowest BCUT2D eigenvalue weighted by molar-refractivity contribution is 0.306. The summed E-state index contributed by atoms with van der Waals surface area (Å²) in [5.74, 6) is 2.29. The molecule has 37 heavy (non-hydrogen) atoms. The van der Waals surface area contributed by atoms with Crippen molar-refractivity contribution < 1.29 is 18.3 Å². The first-order chi connectivity index (χ1) is 18.0. The van der Waals surface area contributed by atoms with Crippen LogP contribution in [-0.4, -0.2) is 25.3 Å². The molecule has 3 rings (SSSR count). The number of anilines is 2. The van der Waals surface area contributed by atoms with Crippen LogP contribution < -0.4 is 27.4 Å². The normalized spacial score (nSPS) is 9.03. The maximum absolute atomic E-state index is 13.2. The summed E-state index contributed by atoms with van der Waals surface area (Å²) in [6.07, 6.45) is 0. The Kier molecular flexibility index (Phi) is 17.9. The average Bonchev–Trinajstić information content (AvgIpc) is 2.94. The summed E-state index contributed by atoms with van der Waals surface area (Å²) in [5, 5.41) is 7.75. The minimum atomic E-state index is -1.47. The molecular formula is C28H34F3N5O. The van der Waals surface area contributed by atoms with Gasteiger partial charge in [0.05, 0.1) is 6.61 Å². The zero-order chi connectivity index (χ0) is 28.1. The van der Waals surface area contributed by atoms with Crippen molar-refractivity contribution in [1.82, 2.24) is 10.9 Å². The van der Waals surface area contributed by atoms with Crippen LogP contribution in [0.4, 0.5) is 24.5 Å². The highest BCUT2D eigenvalue weighted by molar-refractivity contribution is 5.52. The SMILES string of the molecule is C=C.C=C.CNNc1ccc(C#Cc2ccc(NNCc3cc(F)c(F)c(F)c3)cc2)cc1.NCCO. The lowest BCUT2D eigenvalue weighted by Gasteiger charge is -2.09. The molecule has 0 amide bonds. The van der Waals surface area contributed by atoms with Crippen molar-refractivity contribution in [1.29, 1.82) is 0 Å². The molecule has 3 aromatic carbocycles. The number of hydrogen-bond acceptors (Lipinski definition) is 6. The molecule has 0 fully saturated rings. The van der Waals surface area contributed by atoms with E-state index >= 15 is 0 Å². The molecule has 6 nitrogen and oxygen atoms in total. The summed E-state index contributed by atoms with van der Waals surface area (Å²) < 4.78 is 39.4. The van der Waals surface area contributed by atoms with E-state index in [-0.39, 0.29) is 18.7 Å². The summed E-state index contributed by atoms with van der Waals surface area (Å²) in [6.45, 7) is 12.6. The van der Waals surface area contributed by atoms with Crippen molar-refractivity contribution in [2.45, 2.75) is 6.54 Å². The fourth-order valence-corrected chi connectivity index (χ4v) is 2.52. The molecule has 0 aliphatic heterocycles. The maximum atomic E-state index is 13.2. The van der Waals surface area contributed by atoms with Crippen molar-refractivity contribution in [3.63, 3.8) is 0 Å². The molecule has 0 unspecified atom stereocenters. The van der Waals surface area contributed by atoms with Crippen LogP contribution in [0.3, 0.4) is 0 Å². The van der Waals surface area contributed by atoms with Crippen molar-refractivity contribution in [2.24, 2.45) is 5.73 Å². The van der Waals surface area contributed by atoms with E-state index < -0.39 is 17.5 Å². The highest BCUT2D eigenvalue weighted by Gasteiger charge is 2.10. The van der Waals surface area contributed by atoms with Gasteiger partial charge in [-0.25, -0.2) is 24.0 Å². The molecule has 0 bridgehead atoms. The Bertz CT molecular complexity index is 1070. The molecule has 0 aliphatic rings. The molecule has 0 spiro atoms. The van der Waals surface area contributed by atoms with E-state index in [1.54, 1.807) is 7.05 Å². The number of aliphatic hydroxyl groups excluding tert-OH is 1. The number of nitrogens with one attached hydrogen (secondary N) is 4. The molecule has 0 radical (unpaired) electrons. The third-order valence-electron chi connectivity index (χ3n) is 4.09. The van der Waals surface area contributed by atoms with E-state index in [1.165, 1.54) is 0 Å². The smallest absolute Gasteiger partial charge is 0.194 e. The molecular weight excluding hydrogens is 479 g/mol. The molecule has 0 saturated carbocycles. The molecule has 0 aliphatic carbocycles. The van der Waals surface area contributed by atoms with Crippen LogP contribution in [0.1, 0.15) is 16.7 Å². The van der Waals surface area contributed by atoms with E-state index in [2.05, 4.69) is 59.9 Å². The molecule has 0 aromatic heterocycles. The van der Waals surface area contributed by atoms with Gasteiger partial charge in [-0.2, -0.15) is 0 Å². The lowest BCUT2D eigenvalue weighted by Crippen LogP contribution is -2.21. The van der Waals surface area contributed by atoms with E-state index in [1.807, 2.05) is 48.5 Å². The number of halogens is 3. The summed E-state index contributed by atoms with van der Waals surface area (Å²) in [6, 6.07) is 17.0. The van der Waals surface area contributed by atoms with Gasteiger partial charge in [0.15, 0.2) is 17.5 Å². The first-order valence-electron chi connectivity index (χ1n) is 11.0. The van der Waals surface area contributed by atoms with Gasteiger partial charge in [-0.1, -0.05) is 11.8 Å². The number of hydrazine groups is 2. The second kappa shape index (κ2) is 20.2. The van der Waals surface area contributed by atoms with Crippen LogP contribution in [0.5, 0.6) is 0 Å². The minimum absolute atomic E-state index is 0.0972. The fourth-order valence-electron chi connectivity index (χ4n) is 2.52. The second-order valence-electron chi connectivity index (χ2n) is 6.64. The van der Waals surface area contributed by atoms with Crippen LogP contribution in [0, 0.1) is 29.3 Å². The first-order valence-corrected chi connectivity index (χ1v) is 11.0. The first kappa shape index (κ1) is 32.9. The Labute approximate surface area is 217 Å². The van der Waals surface area contributed by atoms with E-state index in [9.17, 15) is 13.2 Å². The Morgan fingerprint density at radius 3 is 1.57 bits per heavy atom. The number of aliphatic hydroxyl groups is 1. The maximum Gasteiger partial charge on any atom is 0.194 e. The highest BCUT2D eigenvalue weighted by atomic mass is 19.2. The van der Waals surface area contributed by atoms with Gasteiger partial charge in [-0.05, 0) is 66.2 Å². The van der Waals surface area contributed by atoms with Crippen LogP contribution in [0.2, 0.25) is 0 Å². The van der Waals surface area contributed by atoms with E-state index in [4.69, 9.17) is 10.8 Å². The van der Waals surface area contributed by atoms with Gasteiger partial charge in [-0.3, -0.25) is 0 Å². The Morgan fingerprint density at radius 2 is 1.19 bits per heavy atom. The van der Waals surface area contributed by atoms with Gasteiger partial charge in [0.25, 0.3) is 0 Å². The van der Waals surface area contributed by atoms with E-state index in [0.717, 1.165) is 34.6 Å². The van der Waals surface area contributed by atoms with Gasteiger partial charge >= 0.3 is 0 Å².